The standard InChI is InChI=1S/C13H14F3N3/c1-8-5-10(14)3-4-11(8)19-12(13(15)16)9(6-17-2)7-18-19/h3-5,7,13,17H,6H2,1-2H3. The molecular formula is C13H14F3N3. The van der Waals surface area contributed by atoms with E-state index >= 15 is 0 Å². The first-order valence-electron chi connectivity index (χ1n) is 5.80. The Morgan fingerprint density at radius 3 is 2.68 bits per heavy atom. The molecule has 0 aliphatic heterocycles. The molecule has 0 bridgehead atoms. The highest BCUT2D eigenvalue weighted by Gasteiger charge is 2.21. The van der Waals surface area contributed by atoms with Crippen molar-refractivity contribution in [1.82, 2.24) is 15.1 Å². The highest BCUT2D eigenvalue weighted by Crippen LogP contribution is 2.27. The van der Waals surface area contributed by atoms with Crippen LogP contribution in [0.4, 0.5) is 13.2 Å². The van der Waals surface area contributed by atoms with Gasteiger partial charge in [-0.25, -0.2) is 17.9 Å². The van der Waals surface area contributed by atoms with Crippen LogP contribution in [0, 0.1) is 12.7 Å². The molecule has 0 aliphatic carbocycles. The van der Waals surface area contributed by atoms with Crippen LogP contribution in [0.3, 0.4) is 0 Å². The van der Waals surface area contributed by atoms with Crippen molar-refractivity contribution >= 4 is 0 Å². The third kappa shape index (κ3) is 2.63. The van der Waals surface area contributed by atoms with E-state index in [1.807, 2.05) is 0 Å². The minimum absolute atomic E-state index is 0.163. The number of aromatic nitrogens is 2. The molecule has 0 aliphatic rings. The van der Waals surface area contributed by atoms with Crippen LogP contribution in [-0.2, 0) is 6.54 Å². The second-order valence-corrected chi connectivity index (χ2v) is 4.23. The van der Waals surface area contributed by atoms with Gasteiger partial charge in [0.05, 0.1) is 11.9 Å². The number of hydrogen-bond acceptors (Lipinski definition) is 2. The fourth-order valence-corrected chi connectivity index (χ4v) is 2.00. The first-order valence-corrected chi connectivity index (χ1v) is 5.80. The lowest BCUT2D eigenvalue weighted by Crippen LogP contribution is -2.10. The Hall–Kier alpha value is -1.82. The zero-order chi connectivity index (χ0) is 14.0. The largest absolute Gasteiger partial charge is 0.316 e. The van der Waals surface area contributed by atoms with Crippen LogP contribution < -0.4 is 5.32 Å². The molecule has 0 radical (unpaired) electrons. The Morgan fingerprint density at radius 1 is 1.37 bits per heavy atom. The number of halogens is 3. The summed E-state index contributed by atoms with van der Waals surface area (Å²) in [5.41, 5.74) is 1.28. The third-order valence-electron chi connectivity index (χ3n) is 2.85. The van der Waals surface area contributed by atoms with Gasteiger partial charge in [-0.2, -0.15) is 5.10 Å². The Balaban J connectivity index is 2.55. The van der Waals surface area contributed by atoms with Crippen molar-refractivity contribution in [3.05, 3.63) is 47.0 Å². The summed E-state index contributed by atoms with van der Waals surface area (Å²) in [6.45, 7) is 1.97. The van der Waals surface area contributed by atoms with Gasteiger partial charge in [0.25, 0.3) is 6.43 Å². The first-order chi connectivity index (χ1) is 9.04. The Bertz CT molecular complexity index is 579. The van der Waals surface area contributed by atoms with E-state index in [0.717, 1.165) is 0 Å². The summed E-state index contributed by atoms with van der Waals surface area (Å²) in [6, 6.07) is 3.98. The summed E-state index contributed by atoms with van der Waals surface area (Å²) < 4.78 is 40.6. The predicted molar refractivity (Wildman–Crippen MR) is 66.0 cm³/mol. The van der Waals surface area contributed by atoms with Gasteiger partial charge in [0.1, 0.15) is 11.5 Å². The predicted octanol–water partition coefficient (Wildman–Crippen LogP) is 2.98. The number of nitrogens with zero attached hydrogens (tertiary/aromatic N) is 2. The smallest absolute Gasteiger partial charge is 0.280 e. The van der Waals surface area contributed by atoms with Gasteiger partial charge in [-0.15, -0.1) is 0 Å². The molecule has 3 nitrogen and oxygen atoms in total. The molecule has 0 saturated carbocycles. The lowest BCUT2D eigenvalue weighted by molar-refractivity contribution is 0.141. The highest BCUT2D eigenvalue weighted by molar-refractivity contribution is 5.42. The summed E-state index contributed by atoms with van der Waals surface area (Å²) in [7, 11) is 1.68. The Morgan fingerprint density at radius 2 is 2.11 bits per heavy atom. The number of alkyl halides is 2. The highest BCUT2D eigenvalue weighted by atomic mass is 19.3. The van der Waals surface area contributed by atoms with Gasteiger partial charge >= 0.3 is 0 Å². The number of rotatable bonds is 4. The molecule has 0 amide bonds. The molecule has 0 fully saturated rings. The van der Waals surface area contributed by atoms with Crippen LogP contribution in [-0.4, -0.2) is 16.8 Å². The lowest BCUT2D eigenvalue weighted by atomic mass is 10.2. The quantitative estimate of drug-likeness (QED) is 0.924. The minimum Gasteiger partial charge on any atom is -0.316 e. The van der Waals surface area contributed by atoms with E-state index in [9.17, 15) is 13.2 Å². The van der Waals surface area contributed by atoms with Crippen molar-refractivity contribution in [3.8, 4) is 5.69 Å². The van der Waals surface area contributed by atoms with Crippen molar-refractivity contribution < 1.29 is 13.2 Å². The molecule has 0 atom stereocenters. The molecule has 1 aromatic heterocycles. The number of hydrogen-bond donors (Lipinski definition) is 1. The van der Waals surface area contributed by atoms with E-state index in [0.29, 0.717) is 23.4 Å². The van der Waals surface area contributed by atoms with Crippen LogP contribution in [0.15, 0.2) is 24.4 Å². The molecule has 2 aromatic rings. The fraction of sp³-hybridized carbons (Fsp3) is 0.308. The average Bonchev–Trinajstić information content (AvgIpc) is 2.73. The number of aryl methyl sites for hydroxylation is 1. The summed E-state index contributed by atoms with van der Waals surface area (Å²) in [5, 5.41) is 6.81. The first kappa shape index (κ1) is 13.6. The van der Waals surface area contributed by atoms with Gasteiger partial charge in [-0.1, -0.05) is 0 Å². The van der Waals surface area contributed by atoms with E-state index in [4.69, 9.17) is 0 Å². The van der Waals surface area contributed by atoms with Gasteiger partial charge in [0, 0.05) is 12.1 Å². The Kier molecular flexibility index (Phi) is 3.90. The van der Waals surface area contributed by atoms with Gasteiger partial charge in [-0.3, -0.25) is 0 Å². The van der Waals surface area contributed by atoms with Crippen molar-refractivity contribution in [1.29, 1.82) is 0 Å². The van der Waals surface area contributed by atoms with Gasteiger partial charge in [0.2, 0.25) is 0 Å². The maximum atomic E-state index is 13.2. The molecule has 102 valence electrons. The molecule has 1 N–H and O–H groups in total. The van der Waals surface area contributed by atoms with Gasteiger partial charge < -0.3 is 5.32 Å². The monoisotopic (exact) mass is 269 g/mol. The molecule has 19 heavy (non-hydrogen) atoms. The van der Waals surface area contributed by atoms with E-state index in [1.165, 1.54) is 29.1 Å². The van der Waals surface area contributed by atoms with Crippen molar-refractivity contribution in [2.75, 3.05) is 7.05 Å². The van der Waals surface area contributed by atoms with Crippen LogP contribution in [0.25, 0.3) is 5.69 Å². The van der Waals surface area contributed by atoms with E-state index in [2.05, 4.69) is 10.4 Å². The van der Waals surface area contributed by atoms with Gasteiger partial charge in [0.15, 0.2) is 0 Å². The molecule has 0 unspecified atom stereocenters. The second kappa shape index (κ2) is 5.44. The van der Waals surface area contributed by atoms with Gasteiger partial charge in [-0.05, 0) is 37.7 Å². The molecule has 1 heterocycles. The van der Waals surface area contributed by atoms with Crippen LogP contribution in [0.2, 0.25) is 0 Å². The zero-order valence-electron chi connectivity index (χ0n) is 10.6. The average molecular weight is 269 g/mol. The summed E-state index contributed by atoms with van der Waals surface area (Å²) >= 11 is 0. The topological polar surface area (TPSA) is 29.9 Å². The maximum Gasteiger partial charge on any atom is 0.280 e. The fourth-order valence-electron chi connectivity index (χ4n) is 2.00. The normalized spacial score (nSPS) is 11.3. The third-order valence-corrected chi connectivity index (χ3v) is 2.85. The second-order valence-electron chi connectivity index (χ2n) is 4.23. The van der Waals surface area contributed by atoms with Crippen molar-refractivity contribution in [3.63, 3.8) is 0 Å². The molecule has 0 spiro atoms. The van der Waals surface area contributed by atoms with Crippen LogP contribution in [0.5, 0.6) is 0 Å². The van der Waals surface area contributed by atoms with Crippen LogP contribution >= 0.6 is 0 Å². The molecular weight excluding hydrogens is 255 g/mol. The van der Waals surface area contributed by atoms with E-state index < -0.39 is 12.2 Å². The lowest BCUT2D eigenvalue weighted by Gasteiger charge is -2.11. The number of nitrogens with one attached hydrogen (secondary N) is 1. The summed E-state index contributed by atoms with van der Waals surface area (Å²) in [6.07, 6.45) is -1.24. The SMILES string of the molecule is CNCc1cnn(-c2ccc(F)cc2C)c1C(F)F. The number of benzene rings is 1. The van der Waals surface area contributed by atoms with Crippen LogP contribution in [0.1, 0.15) is 23.2 Å². The molecule has 6 heteroatoms. The summed E-state index contributed by atoms with van der Waals surface area (Å²) in [5.74, 6) is -0.401. The van der Waals surface area contributed by atoms with Crippen molar-refractivity contribution in [2.45, 2.75) is 19.9 Å². The summed E-state index contributed by atoms with van der Waals surface area (Å²) in [4.78, 5) is 0. The maximum absolute atomic E-state index is 13.2. The molecule has 2 rings (SSSR count). The molecule has 1 aromatic carbocycles. The Labute approximate surface area is 109 Å². The van der Waals surface area contributed by atoms with E-state index in [1.54, 1.807) is 14.0 Å². The zero-order valence-corrected chi connectivity index (χ0v) is 10.6. The van der Waals surface area contributed by atoms with Crippen molar-refractivity contribution in [2.24, 2.45) is 0 Å². The van der Waals surface area contributed by atoms with E-state index in [-0.39, 0.29) is 5.69 Å². The molecule has 0 saturated heterocycles. The minimum atomic E-state index is -2.64.